The summed E-state index contributed by atoms with van der Waals surface area (Å²) >= 11 is 6.27. The molecule has 0 saturated heterocycles. The number of aromatic nitrogens is 1. The van der Waals surface area contributed by atoms with Crippen LogP contribution in [0.3, 0.4) is 0 Å². The highest BCUT2D eigenvalue weighted by atomic mass is 35.5. The highest BCUT2D eigenvalue weighted by Gasteiger charge is 2.12. The van der Waals surface area contributed by atoms with Crippen molar-refractivity contribution >= 4 is 17.3 Å². The van der Waals surface area contributed by atoms with Gasteiger partial charge in [-0.05, 0) is 24.3 Å². The van der Waals surface area contributed by atoms with Crippen LogP contribution in [-0.4, -0.2) is 9.91 Å². The number of benzene rings is 2. The van der Waals surface area contributed by atoms with E-state index in [1.807, 2.05) is 50.2 Å². The second-order valence-electron chi connectivity index (χ2n) is 4.68. The van der Waals surface area contributed by atoms with Crippen LogP contribution < -0.4 is 0 Å². The fourth-order valence-corrected chi connectivity index (χ4v) is 2.51. The molecule has 0 saturated carbocycles. The molecule has 0 atom stereocenters. The number of rotatable bonds is 3. The lowest BCUT2D eigenvalue weighted by molar-refractivity contribution is -0.384. The van der Waals surface area contributed by atoms with Gasteiger partial charge in [0.2, 0.25) is 0 Å². The van der Waals surface area contributed by atoms with Crippen molar-refractivity contribution in [3.63, 3.8) is 0 Å². The Labute approximate surface area is 145 Å². The van der Waals surface area contributed by atoms with Crippen molar-refractivity contribution in [2.45, 2.75) is 13.8 Å². The van der Waals surface area contributed by atoms with Crippen LogP contribution in [0.1, 0.15) is 13.8 Å². The Bertz CT molecular complexity index is 833. The molecule has 0 N–H and O–H groups in total. The van der Waals surface area contributed by atoms with E-state index in [0.29, 0.717) is 5.02 Å². The minimum absolute atomic E-state index is 0.0546. The van der Waals surface area contributed by atoms with Gasteiger partial charge in [0.25, 0.3) is 5.69 Å². The van der Waals surface area contributed by atoms with Gasteiger partial charge < -0.3 is 0 Å². The zero-order valence-corrected chi connectivity index (χ0v) is 14.2. The van der Waals surface area contributed by atoms with Crippen LogP contribution in [0, 0.1) is 10.1 Å². The third-order valence-corrected chi connectivity index (χ3v) is 3.65. The smallest absolute Gasteiger partial charge is 0.258 e. The predicted molar refractivity (Wildman–Crippen MR) is 98.1 cm³/mol. The van der Waals surface area contributed by atoms with Gasteiger partial charge in [0, 0.05) is 40.0 Å². The Morgan fingerprint density at radius 2 is 1.54 bits per heavy atom. The number of hydrogen-bond acceptors (Lipinski definition) is 3. The summed E-state index contributed by atoms with van der Waals surface area (Å²) < 4.78 is 0. The van der Waals surface area contributed by atoms with Crippen LogP contribution in [0.5, 0.6) is 0 Å². The molecule has 0 unspecified atom stereocenters. The van der Waals surface area contributed by atoms with Gasteiger partial charge in [0.1, 0.15) is 0 Å². The predicted octanol–water partition coefficient (Wildman–Crippen LogP) is 6.00. The third kappa shape index (κ3) is 3.78. The monoisotopic (exact) mass is 340 g/mol. The number of nitro benzene ring substituents is 1. The highest BCUT2D eigenvalue weighted by Crippen LogP contribution is 2.34. The second-order valence-corrected chi connectivity index (χ2v) is 5.09. The largest absolute Gasteiger partial charge is 0.269 e. The van der Waals surface area contributed by atoms with E-state index in [1.54, 1.807) is 18.3 Å². The SMILES string of the molecule is CC.O=[N+]([O-])c1ccc(-c2ncccc2-c2ccccc2Cl)cc1. The first-order valence-electron chi connectivity index (χ1n) is 7.61. The summed E-state index contributed by atoms with van der Waals surface area (Å²) in [5, 5.41) is 11.4. The molecule has 5 heteroatoms. The number of halogens is 1. The maximum atomic E-state index is 10.8. The Balaban J connectivity index is 0.00000100. The second kappa shape index (κ2) is 8.22. The molecular formula is C19H17ClN2O2. The molecule has 3 aromatic rings. The summed E-state index contributed by atoms with van der Waals surface area (Å²) in [5.41, 5.74) is 3.37. The van der Waals surface area contributed by atoms with E-state index in [9.17, 15) is 10.1 Å². The maximum Gasteiger partial charge on any atom is 0.269 e. The molecule has 0 aliphatic rings. The first kappa shape index (κ1) is 17.6. The van der Waals surface area contributed by atoms with Gasteiger partial charge in [-0.3, -0.25) is 15.1 Å². The average molecular weight is 341 g/mol. The summed E-state index contributed by atoms with van der Waals surface area (Å²) in [6.07, 6.45) is 1.69. The maximum absolute atomic E-state index is 10.8. The van der Waals surface area contributed by atoms with E-state index in [4.69, 9.17) is 11.6 Å². The summed E-state index contributed by atoms with van der Waals surface area (Å²) in [7, 11) is 0. The standard InChI is InChI=1S/C17H11ClN2O2.C2H6/c18-16-6-2-1-4-14(16)15-5-3-11-19-17(15)12-7-9-13(10-8-12)20(21)22;1-2/h1-11H;1-2H3. The zero-order valence-electron chi connectivity index (χ0n) is 13.4. The lowest BCUT2D eigenvalue weighted by atomic mass is 9.99. The van der Waals surface area contributed by atoms with Crippen molar-refractivity contribution in [2.75, 3.05) is 0 Å². The van der Waals surface area contributed by atoms with Crippen molar-refractivity contribution in [1.29, 1.82) is 0 Å². The Hall–Kier alpha value is -2.72. The molecule has 0 radical (unpaired) electrons. The molecule has 0 spiro atoms. The molecule has 3 rings (SSSR count). The van der Waals surface area contributed by atoms with Crippen molar-refractivity contribution in [1.82, 2.24) is 4.98 Å². The molecule has 0 aliphatic heterocycles. The van der Waals surface area contributed by atoms with E-state index < -0.39 is 4.92 Å². The molecule has 0 amide bonds. The van der Waals surface area contributed by atoms with Crippen LogP contribution in [0.15, 0.2) is 66.9 Å². The molecule has 122 valence electrons. The minimum atomic E-state index is -0.419. The Kier molecular flexibility index (Phi) is 6.04. The summed E-state index contributed by atoms with van der Waals surface area (Å²) in [4.78, 5) is 14.7. The summed E-state index contributed by atoms with van der Waals surface area (Å²) in [5.74, 6) is 0. The molecule has 1 heterocycles. The molecular weight excluding hydrogens is 324 g/mol. The Morgan fingerprint density at radius 3 is 2.17 bits per heavy atom. The molecule has 0 aliphatic carbocycles. The topological polar surface area (TPSA) is 56.0 Å². The van der Waals surface area contributed by atoms with Gasteiger partial charge in [-0.25, -0.2) is 0 Å². The number of pyridine rings is 1. The number of nitrogens with zero attached hydrogens (tertiary/aromatic N) is 2. The van der Waals surface area contributed by atoms with Crippen molar-refractivity contribution in [2.24, 2.45) is 0 Å². The van der Waals surface area contributed by atoms with Crippen LogP contribution in [0.4, 0.5) is 5.69 Å². The van der Waals surface area contributed by atoms with Crippen LogP contribution >= 0.6 is 11.6 Å². The van der Waals surface area contributed by atoms with Crippen LogP contribution in [0.2, 0.25) is 5.02 Å². The Morgan fingerprint density at radius 1 is 0.917 bits per heavy atom. The third-order valence-electron chi connectivity index (χ3n) is 3.32. The van der Waals surface area contributed by atoms with Crippen LogP contribution in [-0.2, 0) is 0 Å². The zero-order chi connectivity index (χ0) is 17.5. The van der Waals surface area contributed by atoms with E-state index >= 15 is 0 Å². The molecule has 24 heavy (non-hydrogen) atoms. The minimum Gasteiger partial charge on any atom is -0.258 e. The average Bonchev–Trinajstić information content (AvgIpc) is 2.64. The lowest BCUT2D eigenvalue weighted by Crippen LogP contribution is -1.91. The molecule has 4 nitrogen and oxygen atoms in total. The van der Waals surface area contributed by atoms with Crippen molar-refractivity contribution in [3.05, 3.63) is 82.0 Å². The normalized spacial score (nSPS) is 9.79. The summed E-state index contributed by atoms with van der Waals surface area (Å²) in [6.45, 7) is 4.00. The summed E-state index contributed by atoms with van der Waals surface area (Å²) in [6, 6.07) is 17.6. The van der Waals surface area contributed by atoms with E-state index in [0.717, 1.165) is 22.4 Å². The fourth-order valence-electron chi connectivity index (χ4n) is 2.27. The van der Waals surface area contributed by atoms with E-state index in [1.165, 1.54) is 12.1 Å². The van der Waals surface area contributed by atoms with Crippen LogP contribution in [0.25, 0.3) is 22.4 Å². The number of nitro groups is 1. The van der Waals surface area contributed by atoms with Gasteiger partial charge in [0.05, 0.1) is 10.6 Å². The van der Waals surface area contributed by atoms with Gasteiger partial charge in [-0.2, -0.15) is 0 Å². The van der Waals surface area contributed by atoms with Gasteiger partial charge in [-0.1, -0.05) is 49.7 Å². The van der Waals surface area contributed by atoms with Crippen molar-refractivity contribution < 1.29 is 4.92 Å². The quantitative estimate of drug-likeness (QED) is 0.433. The highest BCUT2D eigenvalue weighted by molar-refractivity contribution is 6.33. The molecule has 2 aromatic carbocycles. The molecule has 0 bridgehead atoms. The number of non-ortho nitro benzene ring substituents is 1. The number of hydrogen-bond donors (Lipinski definition) is 0. The first-order valence-corrected chi connectivity index (χ1v) is 7.99. The van der Waals surface area contributed by atoms with Gasteiger partial charge in [0.15, 0.2) is 0 Å². The molecule has 0 fully saturated rings. The van der Waals surface area contributed by atoms with E-state index in [2.05, 4.69) is 4.98 Å². The first-order chi connectivity index (χ1) is 11.7. The van der Waals surface area contributed by atoms with Crippen molar-refractivity contribution in [3.8, 4) is 22.4 Å². The fraction of sp³-hybridized carbons (Fsp3) is 0.105. The lowest BCUT2D eigenvalue weighted by Gasteiger charge is -2.10. The van der Waals surface area contributed by atoms with E-state index in [-0.39, 0.29) is 5.69 Å². The van der Waals surface area contributed by atoms with Gasteiger partial charge >= 0.3 is 0 Å². The molecule has 1 aromatic heterocycles. The van der Waals surface area contributed by atoms with Gasteiger partial charge in [-0.15, -0.1) is 0 Å².